The molecule has 0 saturated heterocycles. The number of aromatic nitrogens is 1. The van der Waals surface area contributed by atoms with Crippen molar-refractivity contribution < 1.29 is 14.6 Å². The quantitative estimate of drug-likeness (QED) is 0.929. The van der Waals surface area contributed by atoms with Crippen LogP contribution in [0, 0.1) is 0 Å². The Kier molecular flexibility index (Phi) is 3.69. The molecule has 0 fully saturated rings. The summed E-state index contributed by atoms with van der Waals surface area (Å²) in [6.45, 7) is 0. The van der Waals surface area contributed by atoms with Gasteiger partial charge in [-0.3, -0.25) is 0 Å². The van der Waals surface area contributed by atoms with Crippen LogP contribution in [0.3, 0.4) is 0 Å². The number of pyridine rings is 1. The Balaban J connectivity index is 2.24. The van der Waals surface area contributed by atoms with E-state index in [-0.39, 0.29) is 16.5 Å². The number of rotatable bonds is 3. The van der Waals surface area contributed by atoms with Gasteiger partial charge in [0.15, 0.2) is 0 Å². The molecule has 0 amide bonds. The zero-order valence-electron chi connectivity index (χ0n) is 8.93. The van der Waals surface area contributed by atoms with E-state index in [9.17, 15) is 4.79 Å². The van der Waals surface area contributed by atoms with Gasteiger partial charge in [-0.05, 0) is 30.3 Å². The number of benzene rings is 1. The fourth-order valence-corrected chi connectivity index (χ4v) is 1.56. The first-order valence-corrected chi connectivity index (χ1v) is 5.64. The van der Waals surface area contributed by atoms with Gasteiger partial charge in [-0.25, -0.2) is 9.78 Å². The van der Waals surface area contributed by atoms with Crippen LogP contribution in [0.2, 0.25) is 10.0 Å². The van der Waals surface area contributed by atoms with E-state index in [2.05, 4.69) is 4.98 Å². The van der Waals surface area contributed by atoms with Crippen LogP contribution in [-0.2, 0) is 0 Å². The van der Waals surface area contributed by atoms with Crippen molar-refractivity contribution in [3.8, 4) is 11.6 Å². The van der Waals surface area contributed by atoms with E-state index in [4.69, 9.17) is 33.0 Å². The minimum Gasteiger partial charge on any atom is -0.478 e. The summed E-state index contributed by atoms with van der Waals surface area (Å²) in [5, 5.41) is 9.48. The number of hydrogen-bond donors (Lipinski definition) is 1. The van der Waals surface area contributed by atoms with E-state index in [0.717, 1.165) is 0 Å². The van der Waals surface area contributed by atoms with Crippen molar-refractivity contribution in [2.75, 3.05) is 0 Å². The molecule has 0 bridgehead atoms. The van der Waals surface area contributed by atoms with Crippen molar-refractivity contribution in [1.29, 1.82) is 0 Å². The zero-order valence-corrected chi connectivity index (χ0v) is 10.4. The minimum atomic E-state index is -1.09. The number of nitrogens with zero attached hydrogens (tertiary/aromatic N) is 1. The fourth-order valence-electron chi connectivity index (χ4n) is 1.23. The first kappa shape index (κ1) is 12.7. The van der Waals surface area contributed by atoms with E-state index in [1.54, 1.807) is 24.3 Å². The maximum atomic E-state index is 10.7. The SMILES string of the molecule is O=C(O)c1cnc(Oc2ccc(Cl)cc2)c(Cl)c1. The molecule has 4 nitrogen and oxygen atoms in total. The Morgan fingerprint density at radius 1 is 1.22 bits per heavy atom. The molecule has 0 aliphatic heterocycles. The molecular weight excluding hydrogens is 277 g/mol. The number of carboxylic acid groups (broad SMARTS) is 1. The Hall–Kier alpha value is -1.78. The van der Waals surface area contributed by atoms with Crippen LogP contribution in [0.25, 0.3) is 0 Å². The predicted octanol–water partition coefficient (Wildman–Crippen LogP) is 3.88. The Bertz CT molecular complexity index is 584. The van der Waals surface area contributed by atoms with Gasteiger partial charge in [-0.1, -0.05) is 23.2 Å². The van der Waals surface area contributed by atoms with Crippen molar-refractivity contribution in [2.45, 2.75) is 0 Å². The third-order valence-corrected chi connectivity index (χ3v) is 2.61. The molecule has 92 valence electrons. The van der Waals surface area contributed by atoms with Gasteiger partial charge in [0.25, 0.3) is 0 Å². The Morgan fingerprint density at radius 3 is 2.44 bits per heavy atom. The minimum absolute atomic E-state index is 0.00320. The number of carboxylic acids is 1. The fraction of sp³-hybridized carbons (Fsp3) is 0. The maximum absolute atomic E-state index is 10.7. The molecule has 1 aromatic heterocycles. The van der Waals surface area contributed by atoms with Crippen LogP contribution in [0.1, 0.15) is 10.4 Å². The number of carbonyl (C=O) groups is 1. The largest absolute Gasteiger partial charge is 0.478 e. The molecule has 6 heteroatoms. The number of halogens is 2. The van der Waals surface area contributed by atoms with Gasteiger partial charge in [0.1, 0.15) is 10.8 Å². The highest BCUT2D eigenvalue weighted by Crippen LogP contribution is 2.28. The second-order valence-corrected chi connectivity index (χ2v) is 4.22. The maximum Gasteiger partial charge on any atom is 0.337 e. The molecule has 1 heterocycles. The van der Waals surface area contributed by atoms with Crippen LogP contribution in [0.5, 0.6) is 11.6 Å². The highest BCUT2D eigenvalue weighted by molar-refractivity contribution is 6.32. The van der Waals surface area contributed by atoms with Crippen LogP contribution < -0.4 is 4.74 Å². The third-order valence-electron chi connectivity index (χ3n) is 2.08. The van der Waals surface area contributed by atoms with Crippen molar-refractivity contribution in [3.05, 3.63) is 52.1 Å². The second kappa shape index (κ2) is 5.25. The summed E-state index contributed by atoms with van der Waals surface area (Å²) in [6, 6.07) is 7.92. The lowest BCUT2D eigenvalue weighted by Crippen LogP contribution is -1.98. The van der Waals surface area contributed by atoms with Gasteiger partial charge in [0, 0.05) is 11.2 Å². The van der Waals surface area contributed by atoms with E-state index in [1.165, 1.54) is 12.3 Å². The lowest BCUT2D eigenvalue weighted by molar-refractivity contribution is 0.0696. The lowest BCUT2D eigenvalue weighted by Gasteiger charge is -2.06. The molecule has 2 aromatic rings. The molecule has 0 aliphatic carbocycles. The summed E-state index contributed by atoms with van der Waals surface area (Å²) in [4.78, 5) is 14.6. The summed E-state index contributed by atoms with van der Waals surface area (Å²) in [5.74, 6) is -0.441. The van der Waals surface area contributed by atoms with Crippen molar-refractivity contribution in [3.63, 3.8) is 0 Å². The first-order valence-electron chi connectivity index (χ1n) is 4.88. The molecule has 2 rings (SSSR count). The highest BCUT2D eigenvalue weighted by Gasteiger charge is 2.10. The number of hydrogen-bond acceptors (Lipinski definition) is 3. The zero-order chi connectivity index (χ0) is 13.1. The molecule has 0 saturated carbocycles. The van der Waals surface area contributed by atoms with E-state index >= 15 is 0 Å². The third kappa shape index (κ3) is 2.91. The standard InChI is InChI=1S/C12H7Cl2NO3/c13-8-1-3-9(4-2-8)18-11-10(14)5-7(6-15-11)12(16)17/h1-6H,(H,16,17). The Morgan fingerprint density at radius 2 is 1.89 bits per heavy atom. The first-order chi connectivity index (χ1) is 8.56. The van der Waals surface area contributed by atoms with Crippen LogP contribution in [0.15, 0.2) is 36.5 Å². The molecular formula is C12H7Cl2NO3. The van der Waals surface area contributed by atoms with Crippen molar-refractivity contribution >= 4 is 29.2 Å². The number of ether oxygens (including phenoxy) is 1. The van der Waals surface area contributed by atoms with Gasteiger partial charge >= 0.3 is 5.97 Å². The number of aromatic carboxylic acids is 1. The van der Waals surface area contributed by atoms with Gasteiger partial charge < -0.3 is 9.84 Å². The molecule has 0 atom stereocenters. The van der Waals surface area contributed by atoms with Crippen LogP contribution in [-0.4, -0.2) is 16.1 Å². The Labute approximate surface area is 113 Å². The van der Waals surface area contributed by atoms with E-state index < -0.39 is 5.97 Å². The monoisotopic (exact) mass is 283 g/mol. The summed E-state index contributed by atoms with van der Waals surface area (Å²) in [6.07, 6.45) is 1.18. The van der Waals surface area contributed by atoms with Gasteiger partial charge in [0.05, 0.1) is 5.56 Å². The smallest absolute Gasteiger partial charge is 0.337 e. The van der Waals surface area contributed by atoms with Crippen molar-refractivity contribution in [1.82, 2.24) is 4.98 Å². The molecule has 0 spiro atoms. The predicted molar refractivity (Wildman–Crippen MR) is 67.7 cm³/mol. The average Bonchev–Trinajstić information content (AvgIpc) is 2.34. The van der Waals surface area contributed by atoms with Gasteiger partial charge in [-0.2, -0.15) is 0 Å². The second-order valence-electron chi connectivity index (χ2n) is 3.37. The summed E-state index contributed by atoms with van der Waals surface area (Å²) in [5.41, 5.74) is 0.00320. The van der Waals surface area contributed by atoms with E-state index in [1.807, 2.05) is 0 Å². The van der Waals surface area contributed by atoms with E-state index in [0.29, 0.717) is 10.8 Å². The van der Waals surface area contributed by atoms with Crippen molar-refractivity contribution in [2.24, 2.45) is 0 Å². The summed E-state index contributed by atoms with van der Waals surface area (Å²) in [7, 11) is 0. The normalized spacial score (nSPS) is 10.1. The topological polar surface area (TPSA) is 59.4 Å². The summed E-state index contributed by atoms with van der Waals surface area (Å²) >= 11 is 11.6. The molecule has 0 radical (unpaired) electrons. The summed E-state index contributed by atoms with van der Waals surface area (Å²) < 4.78 is 5.40. The molecule has 0 aliphatic rings. The highest BCUT2D eigenvalue weighted by atomic mass is 35.5. The molecule has 0 unspecified atom stereocenters. The molecule has 1 N–H and O–H groups in total. The molecule has 1 aromatic carbocycles. The van der Waals surface area contributed by atoms with Gasteiger partial charge in [-0.15, -0.1) is 0 Å². The van der Waals surface area contributed by atoms with Gasteiger partial charge in [0.2, 0.25) is 5.88 Å². The molecule has 18 heavy (non-hydrogen) atoms. The van der Waals surface area contributed by atoms with Crippen LogP contribution in [0.4, 0.5) is 0 Å². The van der Waals surface area contributed by atoms with Crippen LogP contribution >= 0.6 is 23.2 Å². The average molecular weight is 284 g/mol. The lowest BCUT2D eigenvalue weighted by atomic mass is 10.3.